The van der Waals surface area contributed by atoms with E-state index in [1.807, 2.05) is 0 Å². The fourth-order valence-corrected chi connectivity index (χ4v) is 3.44. The molecule has 25 heavy (non-hydrogen) atoms. The first-order chi connectivity index (χ1) is 11.7. The Bertz CT molecular complexity index is 621. The van der Waals surface area contributed by atoms with Gasteiger partial charge in [-0.15, -0.1) is 0 Å². The minimum atomic E-state index is -0.789. The first-order valence-corrected chi connectivity index (χ1v) is 8.86. The molecule has 0 saturated heterocycles. The van der Waals surface area contributed by atoms with Crippen LogP contribution in [0.1, 0.15) is 64.5 Å². The van der Waals surface area contributed by atoms with Gasteiger partial charge in [0, 0.05) is 36.5 Å². The number of nitrogens with zero attached hydrogens (tertiary/aromatic N) is 2. The topological polar surface area (TPSA) is 74.6 Å². The molecule has 0 radical (unpaired) electrons. The molecule has 1 aliphatic carbocycles. The van der Waals surface area contributed by atoms with Gasteiger partial charge in [-0.05, 0) is 57.9 Å². The van der Waals surface area contributed by atoms with Gasteiger partial charge in [0.25, 0.3) is 0 Å². The zero-order valence-electron chi connectivity index (χ0n) is 15.3. The Balaban J connectivity index is 1.81. The molecule has 138 valence electrons. The second-order valence-corrected chi connectivity index (χ2v) is 7.56. The molecule has 0 unspecified atom stereocenters. The molecule has 1 heterocycles. The van der Waals surface area contributed by atoms with Gasteiger partial charge in [0.15, 0.2) is 0 Å². The van der Waals surface area contributed by atoms with Gasteiger partial charge in [-0.1, -0.05) is 0 Å². The molecule has 0 aliphatic heterocycles. The highest BCUT2D eigenvalue weighted by atomic mass is 19.1. The van der Waals surface area contributed by atoms with Crippen molar-refractivity contribution in [2.45, 2.75) is 64.5 Å². The van der Waals surface area contributed by atoms with Crippen molar-refractivity contribution in [3.05, 3.63) is 29.8 Å². The maximum absolute atomic E-state index is 13.2. The number of aliphatic imine (C=N–C) groups is 1. The third kappa shape index (κ3) is 6.63. The monoisotopic (exact) mass is 349 g/mol. The van der Waals surface area contributed by atoms with Crippen LogP contribution in [0.2, 0.25) is 0 Å². The van der Waals surface area contributed by atoms with Gasteiger partial charge in [-0.25, -0.2) is 9.38 Å². The van der Waals surface area contributed by atoms with E-state index in [0.717, 1.165) is 44.0 Å². The van der Waals surface area contributed by atoms with Crippen molar-refractivity contribution in [2.24, 2.45) is 10.9 Å². The third-order valence-corrected chi connectivity index (χ3v) is 4.68. The van der Waals surface area contributed by atoms with E-state index in [2.05, 4.69) is 29.1 Å². The van der Waals surface area contributed by atoms with Gasteiger partial charge in [-0.3, -0.25) is 9.78 Å². The lowest BCUT2D eigenvalue weighted by Gasteiger charge is -2.34. The molecule has 1 fully saturated rings. The molecule has 2 rings (SSSR count). The first-order valence-electron chi connectivity index (χ1n) is 8.86. The Hall–Kier alpha value is -1.66. The molecular formula is C19H28FN3O2. The number of hydrogen-bond donors (Lipinski definition) is 2. The van der Waals surface area contributed by atoms with Gasteiger partial charge in [-0.2, -0.15) is 0 Å². The van der Waals surface area contributed by atoms with E-state index in [0.29, 0.717) is 18.0 Å². The summed E-state index contributed by atoms with van der Waals surface area (Å²) in [6.07, 6.45) is 6.65. The van der Waals surface area contributed by atoms with E-state index in [1.165, 1.54) is 19.2 Å². The highest BCUT2D eigenvalue weighted by molar-refractivity contribution is 5.95. The third-order valence-electron chi connectivity index (χ3n) is 4.68. The smallest absolute Gasteiger partial charge is 0.242 e. The summed E-state index contributed by atoms with van der Waals surface area (Å²) in [5.74, 6) is 0.0127. The molecule has 5 nitrogen and oxygen atoms in total. The number of carbonyl (C=O) groups excluding carboxylic acids is 1. The van der Waals surface area contributed by atoms with Gasteiger partial charge >= 0.3 is 0 Å². The molecule has 0 bridgehead atoms. The number of amides is 1. The SMILES string of the molecule is CC(=O)N=C1CCC(CC(C)(C)NC[C@H](O)c2cncc(F)c2)CC1. The van der Waals surface area contributed by atoms with Crippen LogP contribution in [0.3, 0.4) is 0 Å². The number of halogens is 1. The number of aliphatic hydroxyl groups excluding tert-OH is 1. The Kier molecular flexibility index (Phi) is 6.79. The molecule has 0 spiro atoms. The van der Waals surface area contributed by atoms with Crippen LogP contribution < -0.4 is 5.32 Å². The highest BCUT2D eigenvalue weighted by Gasteiger charge is 2.26. The number of hydrogen-bond acceptors (Lipinski definition) is 4. The molecule has 1 aromatic rings. The van der Waals surface area contributed by atoms with Crippen molar-refractivity contribution in [1.29, 1.82) is 0 Å². The van der Waals surface area contributed by atoms with Crippen LogP contribution >= 0.6 is 0 Å². The summed E-state index contributed by atoms with van der Waals surface area (Å²) >= 11 is 0. The Labute approximate surface area is 148 Å². The Morgan fingerprint density at radius 1 is 1.44 bits per heavy atom. The standard InChI is InChI=1S/C19H28FN3O2/c1-13(24)23-17-6-4-14(5-7-17)9-19(2,3)22-12-18(25)15-8-16(20)11-21-10-15/h8,10-11,14,18,22,25H,4-7,9,12H2,1-3H3/t14?,18-/m0/s1. The zero-order chi connectivity index (χ0) is 18.4. The summed E-state index contributed by atoms with van der Waals surface area (Å²) < 4.78 is 13.2. The lowest BCUT2D eigenvalue weighted by atomic mass is 9.80. The fourth-order valence-electron chi connectivity index (χ4n) is 3.44. The minimum absolute atomic E-state index is 0.115. The van der Waals surface area contributed by atoms with Gasteiger partial charge in [0.1, 0.15) is 5.82 Å². The van der Waals surface area contributed by atoms with Crippen LogP contribution in [-0.2, 0) is 4.79 Å². The van der Waals surface area contributed by atoms with Crippen LogP contribution in [0.25, 0.3) is 0 Å². The minimum Gasteiger partial charge on any atom is -0.387 e. The molecular weight excluding hydrogens is 321 g/mol. The number of carbonyl (C=O) groups is 1. The zero-order valence-corrected chi connectivity index (χ0v) is 15.3. The van der Waals surface area contributed by atoms with E-state index < -0.39 is 11.9 Å². The van der Waals surface area contributed by atoms with E-state index in [-0.39, 0.29) is 11.4 Å². The largest absolute Gasteiger partial charge is 0.387 e. The van der Waals surface area contributed by atoms with Gasteiger partial charge < -0.3 is 10.4 Å². The van der Waals surface area contributed by atoms with Crippen molar-refractivity contribution < 1.29 is 14.3 Å². The van der Waals surface area contributed by atoms with Crippen LogP contribution in [0.5, 0.6) is 0 Å². The summed E-state index contributed by atoms with van der Waals surface area (Å²) in [5.41, 5.74) is 1.36. The lowest BCUT2D eigenvalue weighted by Crippen LogP contribution is -2.43. The van der Waals surface area contributed by atoms with E-state index in [1.54, 1.807) is 0 Å². The van der Waals surface area contributed by atoms with Crippen molar-refractivity contribution in [3.63, 3.8) is 0 Å². The molecule has 2 N–H and O–H groups in total. The Morgan fingerprint density at radius 3 is 2.72 bits per heavy atom. The first kappa shape index (κ1) is 19.7. The van der Waals surface area contributed by atoms with E-state index in [4.69, 9.17) is 0 Å². The highest BCUT2D eigenvalue weighted by Crippen LogP contribution is 2.30. The van der Waals surface area contributed by atoms with E-state index >= 15 is 0 Å². The molecule has 1 amide bonds. The normalized spacial score (nSPS) is 19.6. The predicted molar refractivity (Wildman–Crippen MR) is 95.9 cm³/mol. The Morgan fingerprint density at radius 2 is 2.12 bits per heavy atom. The second-order valence-electron chi connectivity index (χ2n) is 7.56. The molecule has 0 aromatic carbocycles. The molecule has 6 heteroatoms. The van der Waals surface area contributed by atoms with Crippen molar-refractivity contribution in [2.75, 3.05) is 6.54 Å². The number of aliphatic hydroxyl groups is 1. The summed E-state index contributed by atoms with van der Waals surface area (Å²) in [5, 5.41) is 13.6. The quantitative estimate of drug-likeness (QED) is 0.827. The van der Waals surface area contributed by atoms with Crippen molar-refractivity contribution in [3.8, 4) is 0 Å². The van der Waals surface area contributed by atoms with Crippen LogP contribution in [0.15, 0.2) is 23.5 Å². The van der Waals surface area contributed by atoms with E-state index in [9.17, 15) is 14.3 Å². The van der Waals surface area contributed by atoms with Crippen molar-refractivity contribution >= 4 is 11.6 Å². The summed E-state index contributed by atoms with van der Waals surface area (Å²) in [4.78, 5) is 18.9. The van der Waals surface area contributed by atoms with Crippen LogP contribution in [0.4, 0.5) is 4.39 Å². The molecule has 1 aliphatic rings. The van der Waals surface area contributed by atoms with Gasteiger partial charge in [0.2, 0.25) is 5.91 Å². The molecule has 1 atom stereocenters. The maximum atomic E-state index is 13.2. The summed E-state index contributed by atoms with van der Waals surface area (Å²) in [6, 6.07) is 1.31. The molecule has 1 saturated carbocycles. The fraction of sp³-hybridized carbons (Fsp3) is 0.632. The lowest BCUT2D eigenvalue weighted by molar-refractivity contribution is -0.115. The number of β-amino-alcohol motifs (C(OH)–C–C–N with tert-alkyl or cyclic N) is 1. The number of rotatable bonds is 6. The van der Waals surface area contributed by atoms with Crippen LogP contribution in [0, 0.1) is 11.7 Å². The van der Waals surface area contributed by atoms with Crippen LogP contribution in [-0.4, -0.2) is 33.8 Å². The number of nitrogens with one attached hydrogen (secondary N) is 1. The summed E-state index contributed by atoms with van der Waals surface area (Å²) in [7, 11) is 0. The number of aromatic nitrogens is 1. The maximum Gasteiger partial charge on any atom is 0.242 e. The predicted octanol–water partition coefficient (Wildman–Crippen LogP) is 3.19. The second kappa shape index (κ2) is 8.63. The summed E-state index contributed by atoms with van der Waals surface area (Å²) in [6.45, 7) is 6.07. The van der Waals surface area contributed by atoms with Gasteiger partial charge in [0.05, 0.1) is 12.3 Å². The average Bonchev–Trinajstić information content (AvgIpc) is 2.54. The molecule has 1 aromatic heterocycles. The van der Waals surface area contributed by atoms with Crippen molar-refractivity contribution in [1.82, 2.24) is 10.3 Å². The number of pyridine rings is 1. The average molecular weight is 349 g/mol.